The van der Waals surface area contributed by atoms with Crippen LogP contribution in [0.3, 0.4) is 0 Å². The molecule has 1 saturated heterocycles. The molecule has 0 spiro atoms. The van der Waals surface area contributed by atoms with E-state index >= 15 is 0 Å². The summed E-state index contributed by atoms with van der Waals surface area (Å²) in [6.45, 7) is 0.210. The highest BCUT2D eigenvalue weighted by Crippen LogP contribution is 2.33. The number of benzene rings is 2. The van der Waals surface area contributed by atoms with Gasteiger partial charge in [-0.3, -0.25) is 9.59 Å². The number of nitrogens with zero attached hydrogens (tertiary/aromatic N) is 3. The molecule has 10 nitrogen and oxygen atoms in total. The van der Waals surface area contributed by atoms with E-state index in [4.69, 9.17) is 13.9 Å². The molecule has 3 aliphatic rings. The first-order chi connectivity index (χ1) is 20.6. The lowest BCUT2D eigenvalue weighted by Crippen LogP contribution is -2.53. The third-order valence-corrected chi connectivity index (χ3v) is 8.30. The molecule has 2 N–H and O–H groups in total. The Morgan fingerprint density at radius 1 is 1.05 bits per heavy atom. The van der Waals surface area contributed by atoms with Crippen LogP contribution in [-0.4, -0.2) is 64.9 Å². The van der Waals surface area contributed by atoms with Crippen molar-refractivity contribution < 1.29 is 36.7 Å². The van der Waals surface area contributed by atoms with Crippen LogP contribution >= 0.6 is 0 Å². The van der Waals surface area contributed by atoms with E-state index in [2.05, 4.69) is 20.8 Å². The average Bonchev–Trinajstić information content (AvgIpc) is 3.67. The minimum absolute atomic E-state index is 0.0537. The van der Waals surface area contributed by atoms with Gasteiger partial charge in [0.05, 0.1) is 29.7 Å². The molecule has 1 aliphatic carbocycles. The number of nitrogens with one attached hydrogen (secondary N) is 2. The van der Waals surface area contributed by atoms with Gasteiger partial charge in [-0.05, 0) is 68.1 Å². The van der Waals surface area contributed by atoms with Crippen LogP contribution in [0.4, 0.5) is 24.9 Å². The van der Waals surface area contributed by atoms with E-state index in [-0.39, 0.29) is 41.9 Å². The Hall–Kier alpha value is -4.13. The van der Waals surface area contributed by atoms with E-state index in [0.29, 0.717) is 48.6 Å². The molecule has 2 aliphatic heterocycles. The van der Waals surface area contributed by atoms with Crippen LogP contribution < -0.4 is 15.4 Å². The monoisotopic (exact) mass is 599 g/mol. The average molecular weight is 600 g/mol. The third kappa shape index (κ3) is 6.46. The Bertz CT molecular complexity index is 1470. The second-order valence-corrected chi connectivity index (χ2v) is 11.2. The second-order valence-electron chi connectivity index (χ2n) is 11.2. The summed E-state index contributed by atoms with van der Waals surface area (Å²) in [5.41, 5.74) is -0.213. The number of rotatable bonds is 6. The lowest BCUT2D eigenvalue weighted by Gasteiger charge is -2.42. The number of likely N-dealkylation sites (N-methyl/N-ethyl adjacent to an activating group) is 1. The van der Waals surface area contributed by atoms with E-state index in [9.17, 15) is 22.8 Å². The summed E-state index contributed by atoms with van der Waals surface area (Å²) in [5, 5.41) is 14.3. The molecule has 13 heteroatoms. The third-order valence-electron chi connectivity index (χ3n) is 8.30. The summed E-state index contributed by atoms with van der Waals surface area (Å²) in [6, 6.07) is 9.15. The summed E-state index contributed by atoms with van der Waals surface area (Å²) >= 11 is 0. The summed E-state index contributed by atoms with van der Waals surface area (Å²) in [5.74, 6) is -0.0583. The number of aromatic nitrogens is 2. The lowest BCUT2D eigenvalue weighted by molar-refractivity contribution is -0.137. The topological polar surface area (TPSA) is 119 Å². The Balaban J connectivity index is 1.10. The number of hydrogen-bond donors (Lipinski definition) is 2. The first kappa shape index (κ1) is 29.0. The van der Waals surface area contributed by atoms with Crippen molar-refractivity contribution in [2.45, 2.75) is 75.4 Å². The SMILES string of the molecule is CN1C(=O)c2cc(NC(=O)c3ccc(C(F)(F)F)cc3)ccc2OC[C@@H]2O[C@H](Cc3nnc(NC4CCCC4)o3)CC[C@@H]21. The molecule has 3 heterocycles. The van der Waals surface area contributed by atoms with Gasteiger partial charge < -0.3 is 29.4 Å². The molecule has 3 atom stereocenters. The molecule has 2 amide bonds. The van der Waals surface area contributed by atoms with Crippen molar-refractivity contribution in [3.63, 3.8) is 0 Å². The minimum Gasteiger partial charge on any atom is -0.490 e. The fourth-order valence-corrected chi connectivity index (χ4v) is 5.95. The van der Waals surface area contributed by atoms with Gasteiger partial charge in [0, 0.05) is 24.3 Å². The van der Waals surface area contributed by atoms with E-state index in [0.717, 1.165) is 37.1 Å². The number of halogens is 3. The highest BCUT2D eigenvalue weighted by molar-refractivity contribution is 6.05. The zero-order valence-electron chi connectivity index (χ0n) is 23.5. The number of fused-ring (bicyclic) bond motifs is 2. The van der Waals surface area contributed by atoms with Gasteiger partial charge in [-0.25, -0.2) is 0 Å². The number of amides is 2. The number of ether oxygens (including phenoxy) is 2. The quantitative estimate of drug-likeness (QED) is 0.391. The molecule has 0 bridgehead atoms. The van der Waals surface area contributed by atoms with Crippen LogP contribution in [-0.2, 0) is 17.3 Å². The Kier molecular flexibility index (Phi) is 7.99. The molecule has 0 radical (unpaired) electrons. The van der Waals surface area contributed by atoms with Crippen molar-refractivity contribution >= 4 is 23.5 Å². The molecule has 3 aromatic rings. The predicted octanol–water partition coefficient (Wildman–Crippen LogP) is 5.32. The van der Waals surface area contributed by atoms with Crippen LogP contribution in [0, 0.1) is 0 Å². The fraction of sp³-hybridized carbons (Fsp3) is 0.467. The maximum Gasteiger partial charge on any atom is 0.416 e. The zero-order chi connectivity index (χ0) is 30.1. The van der Waals surface area contributed by atoms with Gasteiger partial charge in [0.1, 0.15) is 18.5 Å². The Labute approximate surface area is 245 Å². The van der Waals surface area contributed by atoms with Gasteiger partial charge in [-0.1, -0.05) is 17.9 Å². The van der Waals surface area contributed by atoms with E-state index in [1.54, 1.807) is 24.1 Å². The maximum absolute atomic E-state index is 13.5. The maximum atomic E-state index is 13.5. The lowest BCUT2D eigenvalue weighted by atomic mass is 9.94. The van der Waals surface area contributed by atoms with Crippen LogP contribution in [0.1, 0.15) is 70.7 Å². The smallest absolute Gasteiger partial charge is 0.416 e. The number of carbonyl (C=O) groups is 2. The van der Waals surface area contributed by atoms with Crippen molar-refractivity contribution in [3.8, 4) is 5.75 Å². The zero-order valence-corrected chi connectivity index (χ0v) is 23.5. The van der Waals surface area contributed by atoms with Crippen LogP contribution in [0.25, 0.3) is 0 Å². The summed E-state index contributed by atoms with van der Waals surface area (Å²) < 4.78 is 56.8. The van der Waals surface area contributed by atoms with Gasteiger partial charge >= 0.3 is 12.2 Å². The van der Waals surface area contributed by atoms with Gasteiger partial charge in [-0.2, -0.15) is 13.2 Å². The van der Waals surface area contributed by atoms with Gasteiger partial charge in [0.15, 0.2) is 0 Å². The highest BCUT2D eigenvalue weighted by atomic mass is 19.4. The summed E-state index contributed by atoms with van der Waals surface area (Å²) in [6.07, 6.45) is 1.37. The molecule has 43 heavy (non-hydrogen) atoms. The largest absolute Gasteiger partial charge is 0.490 e. The molecule has 2 fully saturated rings. The molecular formula is C30H32F3N5O5. The van der Waals surface area contributed by atoms with Crippen LogP contribution in [0.15, 0.2) is 46.9 Å². The van der Waals surface area contributed by atoms with Gasteiger partial charge in [0.25, 0.3) is 11.8 Å². The Morgan fingerprint density at radius 2 is 1.81 bits per heavy atom. The van der Waals surface area contributed by atoms with Crippen LogP contribution in [0.2, 0.25) is 0 Å². The fourth-order valence-electron chi connectivity index (χ4n) is 5.95. The molecular weight excluding hydrogens is 567 g/mol. The minimum atomic E-state index is -4.50. The standard InChI is InChI=1S/C30H32F3N5O5/c1-38-23-12-11-21(15-26-36-37-29(43-26)35-19-4-2-3-5-19)42-25(23)16-41-24-13-10-20(14-22(24)28(38)40)34-27(39)17-6-8-18(9-7-17)30(31,32)33/h6-10,13-14,19,21,23,25H,2-5,11-12,15-16H2,1H3,(H,34,39)(H,35,37)/t21-,23-,25-/m0/s1. The molecule has 6 rings (SSSR count). The van der Waals surface area contributed by atoms with Crippen molar-refractivity contribution in [3.05, 3.63) is 65.0 Å². The Morgan fingerprint density at radius 3 is 2.56 bits per heavy atom. The molecule has 2 aromatic carbocycles. The number of alkyl halides is 3. The second kappa shape index (κ2) is 11.9. The highest BCUT2D eigenvalue weighted by Gasteiger charge is 2.39. The number of hydrogen-bond acceptors (Lipinski definition) is 8. The normalized spacial score (nSPS) is 22.7. The first-order valence-corrected chi connectivity index (χ1v) is 14.4. The first-order valence-electron chi connectivity index (χ1n) is 14.4. The summed E-state index contributed by atoms with van der Waals surface area (Å²) in [4.78, 5) is 27.9. The van der Waals surface area contributed by atoms with E-state index in [1.807, 2.05) is 0 Å². The van der Waals surface area contributed by atoms with Crippen molar-refractivity contribution in [2.75, 3.05) is 24.3 Å². The van der Waals surface area contributed by atoms with Gasteiger partial charge in [0.2, 0.25) is 5.89 Å². The van der Waals surface area contributed by atoms with Gasteiger partial charge in [-0.15, -0.1) is 5.10 Å². The van der Waals surface area contributed by atoms with Crippen molar-refractivity contribution in [1.82, 2.24) is 15.1 Å². The number of carbonyl (C=O) groups excluding carboxylic acids is 2. The molecule has 228 valence electrons. The number of anilines is 2. The molecule has 0 unspecified atom stereocenters. The van der Waals surface area contributed by atoms with Crippen LogP contribution in [0.5, 0.6) is 5.75 Å². The van der Waals surface area contributed by atoms with E-state index in [1.165, 1.54) is 18.9 Å². The predicted molar refractivity (Wildman–Crippen MR) is 149 cm³/mol. The van der Waals surface area contributed by atoms with E-state index < -0.39 is 17.6 Å². The van der Waals surface area contributed by atoms with Crippen molar-refractivity contribution in [1.29, 1.82) is 0 Å². The molecule has 1 saturated carbocycles. The van der Waals surface area contributed by atoms with Crippen molar-refractivity contribution in [2.24, 2.45) is 0 Å². The molecule has 1 aromatic heterocycles. The summed E-state index contributed by atoms with van der Waals surface area (Å²) in [7, 11) is 1.71.